The Kier molecular flexibility index (Phi) is 1.96. The van der Waals surface area contributed by atoms with Gasteiger partial charge in [-0.05, 0) is 31.6 Å². The summed E-state index contributed by atoms with van der Waals surface area (Å²) < 4.78 is 11.5. The van der Waals surface area contributed by atoms with E-state index in [9.17, 15) is 0 Å². The van der Waals surface area contributed by atoms with E-state index in [-0.39, 0.29) is 5.79 Å². The molecular formula is C12H18O2. The minimum Gasteiger partial charge on any atom is -0.348 e. The van der Waals surface area contributed by atoms with Crippen molar-refractivity contribution in [3.8, 4) is 0 Å². The molecule has 1 spiro atoms. The molecule has 3 fully saturated rings. The summed E-state index contributed by atoms with van der Waals surface area (Å²) >= 11 is 0. The maximum absolute atomic E-state index is 5.76. The number of fused-ring (bicyclic) bond motifs is 1. The molecule has 3 rings (SSSR count). The van der Waals surface area contributed by atoms with E-state index in [1.54, 1.807) is 5.57 Å². The molecule has 0 aromatic heterocycles. The third-order valence-electron chi connectivity index (χ3n) is 4.08. The SMILES string of the molecule is CC=C1CC2CC3(CC2C1)OCCO3. The molecule has 0 bridgehead atoms. The van der Waals surface area contributed by atoms with E-state index < -0.39 is 0 Å². The zero-order chi connectivity index (χ0) is 9.60. The topological polar surface area (TPSA) is 18.5 Å². The zero-order valence-corrected chi connectivity index (χ0v) is 8.79. The summed E-state index contributed by atoms with van der Waals surface area (Å²) in [6.07, 6.45) is 7.14. The third-order valence-corrected chi connectivity index (χ3v) is 4.08. The van der Waals surface area contributed by atoms with Gasteiger partial charge in [-0.15, -0.1) is 0 Å². The Labute approximate surface area is 85.3 Å². The number of allylic oxidation sites excluding steroid dienone is 2. The Bertz CT molecular complexity index is 245. The highest BCUT2D eigenvalue weighted by molar-refractivity contribution is 5.13. The predicted molar refractivity (Wildman–Crippen MR) is 53.8 cm³/mol. The van der Waals surface area contributed by atoms with Crippen molar-refractivity contribution in [3.05, 3.63) is 11.6 Å². The third kappa shape index (κ3) is 1.24. The van der Waals surface area contributed by atoms with E-state index in [4.69, 9.17) is 9.47 Å². The Morgan fingerprint density at radius 3 is 2.21 bits per heavy atom. The van der Waals surface area contributed by atoms with Crippen LogP contribution in [0, 0.1) is 11.8 Å². The maximum atomic E-state index is 5.76. The lowest BCUT2D eigenvalue weighted by Crippen LogP contribution is -2.26. The highest BCUT2D eigenvalue weighted by Crippen LogP contribution is 2.53. The minimum atomic E-state index is -0.158. The molecule has 14 heavy (non-hydrogen) atoms. The molecule has 2 atom stereocenters. The summed E-state index contributed by atoms with van der Waals surface area (Å²) in [6, 6.07) is 0. The molecule has 1 saturated heterocycles. The summed E-state index contributed by atoms with van der Waals surface area (Å²) in [5.41, 5.74) is 1.65. The van der Waals surface area contributed by atoms with Gasteiger partial charge in [-0.1, -0.05) is 11.6 Å². The molecular weight excluding hydrogens is 176 g/mol. The number of hydrogen-bond acceptors (Lipinski definition) is 2. The normalized spacial score (nSPS) is 39.4. The maximum Gasteiger partial charge on any atom is 0.169 e. The standard InChI is InChI=1S/C12H18O2/c1-2-9-5-10-7-12(8-11(10)6-9)13-3-4-14-12/h2,10-11H,3-8H2,1H3. The lowest BCUT2D eigenvalue weighted by Gasteiger charge is -2.22. The molecule has 2 nitrogen and oxygen atoms in total. The van der Waals surface area contributed by atoms with Crippen molar-refractivity contribution in [1.82, 2.24) is 0 Å². The molecule has 2 heteroatoms. The van der Waals surface area contributed by atoms with E-state index in [2.05, 4.69) is 13.0 Å². The van der Waals surface area contributed by atoms with Crippen LogP contribution in [0.1, 0.15) is 32.6 Å². The lowest BCUT2D eigenvalue weighted by molar-refractivity contribution is -0.154. The van der Waals surface area contributed by atoms with Crippen LogP contribution < -0.4 is 0 Å². The van der Waals surface area contributed by atoms with Gasteiger partial charge in [0.05, 0.1) is 13.2 Å². The molecule has 1 aliphatic heterocycles. The van der Waals surface area contributed by atoms with E-state index in [1.165, 1.54) is 12.8 Å². The monoisotopic (exact) mass is 194 g/mol. The second-order valence-electron chi connectivity index (χ2n) is 4.89. The molecule has 0 aromatic rings. The van der Waals surface area contributed by atoms with Crippen LogP contribution in [0.3, 0.4) is 0 Å². The Hall–Kier alpha value is -0.340. The number of rotatable bonds is 0. The van der Waals surface area contributed by atoms with Gasteiger partial charge in [-0.25, -0.2) is 0 Å². The van der Waals surface area contributed by atoms with Gasteiger partial charge in [0.1, 0.15) is 0 Å². The highest BCUT2D eigenvalue weighted by atomic mass is 16.7. The van der Waals surface area contributed by atoms with E-state index in [0.29, 0.717) is 0 Å². The Balaban J connectivity index is 1.73. The summed E-state index contributed by atoms with van der Waals surface area (Å²) in [5, 5.41) is 0. The first-order chi connectivity index (χ1) is 6.81. The van der Waals surface area contributed by atoms with Crippen molar-refractivity contribution in [3.63, 3.8) is 0 Å². The fourth-order valence-electron chi connectivity index (χ4n) is 3.42. The van der Waals surface area contributed by atoms with Crippen LogP contribution in [0.15, 0.2) is 11.6 Å². The van der Waals surface area contributed by atoms with Crippen LogP contribution in [-0.4, -0.2) is 19.0 Å². The smallest absolute Gasteiger partial charge is 0.169 e. The number of hydrogen-bond donors (Lipinski definition) is 0. The van der Waals surface area contributed by atoms with Crippen molar-refractivity contribution >= 4 is 0 Å². The fourth-order valence-corrected chi connectivity index (χ4v) is 3.42. The predicted octanol–water partition coefficient (Wildman–Crippen LogP) is 2.50. The molecule has 78 valence electrons. The van der Waals surface area contributed by atoms with Gasteiger partial charge >= 0.3 is 0 Å². The second kappa shape index (κ2) is 3.07. The quantitative estimate of drug-likeness (QED) is 0.552. The van der Waals surface area contributed by atoms with Crippen molar-refractivity contribution in [1.29, 1.82) is 0 Å². The van der Waals surface area contributed by atoms with Crippen LogP contribution in [0.4, 0.5) is 0 Å². The minimum absolute atomic E-state index is 0.158. The summed E-state index contributed by atoms with van der Waals surface area (Å²) in [7, 11) is 0. The first-order valence-corrected chi connectivity index (χ1v) is 5.73. The second-order valence-corrected chi connectivity index (χ2v) is 4.89. The first-order valence-electron chi connectivity index (χ1n) is 5.73. The zero-order valence-electron chi connectivity index (χ0n) is 8.79. The van der Waals surface area contributed by atoms with E-state index >= 15 is 0 Å². The molecule has 0 radical (unpaired) electrons. The van der Waals surface area contributed by atoms with Crippen molar-refractivity contribution in [2.45, 2.75) is 38.4 Å². The van der Waals surface area contributed by atoms with Crippen LogP contribution >= 0.6 is 0 Å². The Morgan fingerprint density at radius 1 is 1.14 bits per heavy atom. The van der Waals surface area contributed by atoms with Crippen molar-refractivity contribution < 1.29 is 9.47 Å². The average molecular weight is 194 g/mol. The lowest BCUT2D eigenvalue weighted by atomic mass is 10.0. The highest BCUT2D eigenvalue weighted by Gasteiger charge is 2.51. The largest absolute Gasteiger partial charge is 0.348 e. The van der Waals surface area contributed by atoms with Crippen LogP contribution in [-0.2, 0) is 9.47 Å². The summed E-state index contributed by atoms with van der Waals surface area (Å²) in [4.78, 5) is 0. The van der Waals surface area contributed by atoms with Crippen LogP contribution in [0.2, 0.25) is 0 Å². The van der Waals surface area contributed by atoms with Gasteiger partial charge in [0.25, 0.3) is 0 Å². The van der Waals surface area contributed by atoms with E-state index in [0.717, 1.165) is 37.9 Å². The van der Waals surface area contributed by atoms with Crippen LogP contribution in [0.25, 0.3) is 0 Å². The molecule has 2 saturated carbocycles. The molecule has 3 aliphatic rings. The van der Waals surface area contributed by atoms with Gasteiger partial charge in [0, 0.05) is 12.8 Å². The number of ether oxygens (including phenoxy) is 2. The van der Waals surface area contributed by atoms with Gasteiger partial charge in [-0.3, -0.25) is 0 Å². The van der Waals surface area contributed by atoms with Crippen molar-refractivity contribution in [2.24, 2.45) is 11.8 Å². The molecule has 2 aliphatic carbocycles. The summed E-state index contributed by atoms with van der Waals surface area (Å²) in [5.74, 6) is 1.51. The molecule has 2 unspecified atom stereocenters. The average Bonchev–Trinajstić information content (AvgIpc) is 2.81. The molecule has 0 N–H and O–H groups in total. The van der Waals surface area contributed by atoms with Crippen molar-refractivity contribution in [2.75, 3.05) is 13.2 Å². The fraction of sp³-hybridized carbons (Fsp3) is 0.833. The van der Waals surface area contributed by atoms with Gasteiger partial charge < -0.3 is 9.47 Å². The Morgan fingerprint density at radius 2 is 1.71 bits per heavy atom. The van der Waals surface area contributed by atoms with Gasteiger partial charge in [0.2, 0.25) is 0 Å². The van der Waals surface area contributed by atoms with Crippen LogP contribution in [0.5, 0.6) is 0 Å². The molecule has 0 amide bonds. The molecule has 1 heterocycles. The summed E-state index contributed by atoms with van der Waals surface area (Å²) in [6.45, 7) is 3.76. The first kappa shape index (κ1) is 8.93. The van der Waals surface area contributed by atoms with Gasteiger partial charge in [-0.2, -0.15) is 0 Å². The van der Waals surface area contributed by atoms with E-state index in [1.807, 2.05) is 0 Å². The molecule has 0 aromatic carbocycles. The van der Waals surface area contributed by atoms with Gasteiger partial charge in [0.15, 0.2) is 5.79 Å².